The average molecular weight is 426 g/mol. The maximum atomic E-state index is 13.1. The minimum atomic E-state index is -0.669. The molecular weight excluding hydrogens is 394 g/mol. The van der Waals surface area contributed by atoms with Crippen molar-refractivity contribution in [2.45, 2.75) is 58.0 Å². The molecule has 0 radical (unpaired) electrons. The minimum Gasteiger partial charge on any atom is -0.461 e. The van der Waals surface area contributed by atoms with Crippen LogP contribution in [0.15, 0.2) is 18.2 Å². The van der Waals surface area contributed by atoms with Gasteiger partial charge in [-0.3, -0.25) is 14.4 Å². The molecule has 2 N–H and O–H groups in total. The summed E-state index contributed by atoms with van der Waals surface area (Å²) in [5.74, 6) is 0.501. The Balaban J connectivity index is 1.22. The van der Waals surface area contributed by atoms with Gasteiger partial charge in [0.15, 0.2) is 0 Å². The summed E-state index contributed by atoms with van der Waals surface area (Å²) < 4.78 is 6.07. The molecular formula is C24H31N3O4. The number of aromatic nitrogens is 1. The highest BCUT2D eigenvalue weighted by Crippen LogP contribution is 2.61. The van der Waals surface area contributed by atoms with Gasteiger partial charge in [0.2, 0.25) is 5.91 Å². The average Bonchev–Trinajstić information content (AvgIpc) is 2.75. The van der Waals surface area contributed by atoms with E-state index in [2.05, 4.69) is 4.98 Å². The number of primary amides is 1. The molecule has 1 aromatic heterocycles. The molecule has 5 aliphatic rings. The van der Waals surface area contributed by atoms with E-state index in [0.29, 0.717) is 43.5 Å². The molecule has 1 aromatic rings. The number of pyridine rings is 1. The Morgan fingerprint density at radius 1 is 1.10 bits per heavy atom. The second-order valence-electron chi connectivity index (χ2n) is 10.2. The summed E-state index contributed by atoms with van der Waals surface area (Å²) in [4.78, 5) is 44.3. The number of piperidine rings is 1. The summed E-state index contributed by atoms with van der Waals surface area (Å²) in [7, 11) is 0. The lowest BCUT2D eigenvalue weighted by atomic mass is 9.48. The van der Waals surface area contributed by atoms with E-state index in [0.717, 1.165) is 31.4 Å². The molecule has 4 aliphatic carbocycles. The third kappa shape index (κ3) is 3.52. The van der Waals surface area contributed by atoms with Crippen LogP contribution in [-0.2, 0) is 14.3 Å². The van der Waals surface area contributed by atoms with Gasteiger partial charge in [0.25, 0.3) is 5.91 Å². The highest BCUT2D eigenvalue weighted by atomic mass is 16.5. The standard InChI is InChI=1S/C24H31N3O4/c1-14-3-2-4-19(26-14)21(28)27-7-5-17(6-8-27)22(29)31-20-18-10-15-9-16(11-18)13-24(20,12-15)23(25)30/h2-4,15-18,20H,5-13H2,1H3,(H2,25,30). The highest BCUT2D eigenvalue weighted by molar-refractivity contribution is 5.92. The molecule has 2 amide bonds. The largest absolute Gasteiger partial charge is 0.461 e. The molecule has 6 rings (SSSR count). The molecule has 3 atom stereocenters. The number of likely N-dealkylation sites (tertiary alicyclic amines) is 1. The van der Waals surface area contributed by atoms with E-state index in [4.69, 9.17) is 10.5 Å². The molecule has 4 bridgehead atoms. The topological polar surface area (TPSA) is 103 Å². The maximum absolute atomic E-state index is 13.1. The zero-order valence-corrected chi connectivity index (χ0v) is 18.1. The monoisotopic (exact) mass is 425 g/mol. The summed E-state index contributed by atoms with van der Waals surface area (Å²) in [5, 5.41) is 0. The Labute approximate surface area is 182 Å². The molecule has 166 valence electrons. The van der Waals surface area contributed by atoms with E-state index in [-0.39, 0.29) is 35.7 Å². The molecule has 7 heteroatoms. The number of aryl methyl sites for hydroxylation is 1. The van der Waals surface area contributed by atoms with Gasteiger partial charge in [-0.2, -0.15) is 0 Å². The Morgan fingerprint density at radius 3 is 2.39 bits per heavy atom. The quantitative estimate of drug-likeness (QED) is 0.747. The van der Waals surface area contributed by atoms with Gasteiger partial charge in [-0.15, -0.1) is 0 Å². The zero-order valence-electron chi connectivity index (χ0n) is 18.1. The summed E-state index contributed by atoms with van der Waals surface area (Å²) in [5.41, 5.74) is 6.46. The van der Waals surface area contributed by atoms with Crippen LogP contribution in [0.5, 0.6) is 0 Å². The third-order valence-electron chi connectivity index (χ3n) is 8.17. The van der Waals surface area contributed by atoms with Crippen LogP contribution >= 0.6 is 0 Å². The number of esters is 1. The van der Waals surface area contributed by atoms with Crippen LogP contribution < -0.4 is 5.73 Å². The van der Waals surface area contributed by atoms with Crippen LogP contribution in [-0.4, -0.2) is 46.9 Å². The van der Waals surface area contributed by atoms with Gasteiger partial charge in [-0.05, 0) is 81.8 Å². The Bertz CT molecular complexity index is 894. The fourth-order valence-electron chi connectivity index (χ4n) is 6.91. The molecule has 5 fully saturated rings. The van der Waals surface area contributed by atoms with Gasteiger partial charge < -0.3 is 15.4 Å². The van der Waals surface area contributed by atoms with Gasteiger partial charge >= 0.3 is 5.97 Å². The lowest BCUT2D eigenvalue weighted by Crippen LogP contribution is -2.62. The van der Waals surface area contributed by atoms with Gasteiger partial charge in [0, 0.05) is 18.8 Å². The van der Waals surface area contributed by atoms with Crippen molar-refractivity contribution in [1.29, 1.82) is 0 Å². The summed E-state index contributed by atoms with van der Waals surface area (Å²) in [6, 6.07) is 5.42. The fourth-order valence-corrected chi connectivity index (χ4v) is 6.91. The van der Waals surface area contributed by atoms with Crippen molar-refractivity contribution in [2.24, 2.45) is 34.8 Å². The van der Waals surface area contributed by atoms with Crippen molar-refractivity contribution < 1.29 is 19.1 Å². The van der Waals surface area contributed by atoms with Crippen LogP contribution in [0.1, 0.15) is 61.1 Å². The van der Waals surface area contributed by atoms with Crippen molar-refractivity contribution >= 4 is 17.8 Å². The predicted octanol–water partition coefficient (Wildman–Crippen LogP) is 2.47. The zero-order chi connectivity index (χ0) is 21.8. The Morgan fingerprint density at radius 2 is 1.77 bits per heavy atom. The second kappa shape index (κ2) is 7.61. The van der Waals surface area contributed by atoms with Crippen molar-refractivity contribution in [1.82, 2.24) is 9.88 Å². The SMILES string of the molecule is Cc1cccc(C(=O)N2CCC(C(=O)OC3C4CC5CC(C4)CC3(C(N)=O)C5)CC2)n1. The number of ether oxygens (including phenoxy) is 1. The van der Waals surface area contributed by atoms with E-state index in [1.165, 1.54) is 6.42 Å². The van der Waals surface area contributed by atoms with Crippen molar-refractivity contribution in [2.75, 3.05) is 13.1 Å². The number of rotatable bonds is 4. The van der Waals surface area contributed by atoms with E-state index in [1.54, 1.807) is 11.0 Å². The van der Waals surface area contributed by atoms with Crippen molar-refractivity contribution in [3.05, 3.63) is 29.6 Å². The van der Waals surface area contributed by atoms with Crippen LogP contribution in [0.3, 0.4) is 0 Å². The summed E-state index contributed by atoms with van der Waals surface area (Å²) in [6.45, 7) is 2.88. The number of hydrogen-bond acceptors (Lipinski definition) is 5. The Kier molecular flexibility index (Phi) is 5.02. The molecule has 2 heterocycles. The van der Waals surface area contributed by atoms with Gasteiger partial charge in [-0.25, -0.2) is 4.98 Å². The van der Waals surface area contributed by atoms with Crippen LogP contribution in [0, 0.1) is 36.0 Å². The first-order chi connectivity index (χ1) is 14.9. The normalized spacial score (nSPS) is 34.5. The molecule has 7 nitrogen and oxygen atoms in total. The Hall–Kier alpha value is -2.44. The first-order valence-electron chi connectivity index (χ1n) is 11.6. The number of hydrogen-bond donors (Lipinski definition) is 1. The number of carbonyl (C=O) groups excluding carboxylic acids is 3. The summed E-state index contributed by atoms with van der Waals surface area (Å²) >= 11 is 0. The van der Waals surface area contributed by atoms with Crippen LogP contribution in [0.25, 0.3) is 0 Å². The fraction of sp³-hybridized carbons (Fsp3) is 0.667. The van der Waals surface area contributed by atoms with Crippen molar-refractivity contribution in [3.63, 3.8) is 0 Å². The lowest BCUT2D eigenvalue weighted by molar-refractivity contribution is -0.199. The minimum absolute atomic E-state index is 0.0933. The first-order valence-corrected chi connectivity index (χ1v) is 11.6. The number of amides is 2. The molecule has 0 aromatic carbocycles. The molecule has 3 unspecified atom stereocenters. The van der Waals surface area contributed by atoms with Gasteiger partial charge in [0.05, 0.1) is 11.3 Å². The molecule has 1 saturated heterocycles. The van der Waals surface area contributed by atoms with E-state index < -0.39 is 5.41 Å². The van der Waals surface area contributed by atoms with Gasteiger partial charge in [0.1, 0.15) is 11.8 Å². The van der Waals surface area contributed by atoms with Crippen LogP contribution in [0.2, 0.25) is 0 Å². The maximum Gasteiger partial charge on any atom is 0.309 e. The second-order valence-corrected chi connectivity index (χ2v) is 10.2. The van der Waals surface area contributed by atoms with Crippen molar-refractivity contribution in [3.8, 4) is 0 Å². The highest BCUT2D eigenvalue weighted by Gasteiger charge is 2.62. The number of carbonyl (C=O) groups is 3. The van der Waals surface area contributed by atoms with E-state index in [1.807, 2.05) is 19.1 Å². The molecule has 1 aliphatic heterocycles. The molecule has 4 saturated carbocycles. The third-order valence-corrected chi connectivity index (χ3v) is 8.17. The van der Waals surface area contributed by atoms with Crippen LogP contribution in [0.4, 0.5) is 0 Å². The van der Waals surface area contributed by atoms with E-state index >= 15 is 0 Å². The lowest BCUT2D eigenvalue weighted by Gasteiger charge is -2.58. The number of nitrogens with two attached hydrogens (primary N) is 1. The predicted molar refractivity (Wildman–Crippen MR) is 113 cm³/mol. The number of nitrogens with zero attached hydrogens (tertiary/aromatic N) is 2. The molecule has 31 heavy (non-hydrogen) atoms. The summed E-state index contributed by atoms with van der Waals surface area (Å²) in [6.07, 6.45) is 5.58. The molecule has 0 spiro atoms. The first kappa shape index (κ1) is 20.5. The van der Waals surface area contributed by atoms with E-state index in [9.17, 15) is 14.4 Å². The smallest absolute Gasteiger partial charge is 0.309 e. The van der Waals surface area contributed by atoms with Gasteiger partial charge in [-0.1, -0.05) is 6.07 Å².